The number of nitrogens with one attached hydrogen (secondary N) is 1. The molecule has 0 aliphatic carbocycles. The molecular formula is C17H17ClN2O3S. The largest absolute Gasteiger partial charge is 0.497 e. The molecule has 24 heavy (non-hydrogen) atoms. The van der Waals surface area contributed by atoms with Gasteiger partial charge in [0.15, 0.2) is 0 Å². The fraction of sp³-hybridized carbons (Fsp3) is 0.294. The molecule has 0 spiro atoms. The number of halogens is 1. The summed E-state index contributed by atoms with van der Waals surface area (Å²) in [6, 6.07) is 11.5. The molecule has 1 aromatic carbocycles. The van der Waals surface area contributed by atoms with E-state index in [9.17, 15) is 4.79 Å². The summed E-state index contributed by atoms with van der Waals surface area (Å²) < 4.78 is 5.92. The summed E-state index contributed by atoms with van der Waals surface area (Å²) in [5.74, 6) is 0.639. The van der Waals surface area contributed by atoms with Crippen LogP contribution in [0.5, 0.6) is 5.75 Å². The summed E-state index contributed by atoms with van der Waals surface area (Å²) in [6.07, 6.45) is 0.566. The normalized spacial score (nSPS) is 16.4. The average molecular weight is 365 g/mol. The zero-order valence-corrected chi connectivity index (χ0v) is 14.7. The molecule has 0 saturated heterocycles. The van der Waals surface area contributed by atoms with Crippen LogP contribution in [0, 0.1) is 0 Å². The number of amides is 1. The molecular weight excluding hydrogens is 348 g/mol. The fourth-order valence-electron chi connectivity index (χ4n) is 2.42. The van der Waals surface area contributed by atoms with Crippen LogP contribution in [0.2, 0.25) is 4.34 Å². The Balaban J connectivity index is 1.49. The van der Waals surface area contributed by atoms with Gasteiger partial charge in [0.05, 0.1) is 23.7 Å². The quantitative estimate of drug-likeness (QED) is 0.854. The van der Waals surface area contributed by atoms with Gasteiger partial charge in [-0.05, 0) is 29.8 Å². The van der Waals surface area contributed by atoms with E-state index in [1.165, 1.54) is 11.3 Å². The molecule has 2 aromatic rings. The van der Waals surface area contributed by atoms with E-state index in [2.05, 4.69) is 10.5 Å². The van der Waals surface area contributed by atoms with Crippen molar-refractivity contribution in [2.24, 2.45) is 5.16 Å². The van der Waals surface area contributed by atoms with Crippen molar-refractivity contribution in [1.82, 2.24) is 5.32 Å². The predicted molar refractivity (Wildman–Crippen MR) is 94.8 cm³/mol. The van der Waals surface area contributed by atoms with Gasteiger partial charge in [-0.25, -0.2) is 0 Å². The number of oxime groups is 1. The van der Waals surface area contributed by atoms with Gasteiger partial charge in [0, 0.05) is 17.7 Å². The minimum atomic E-state index is -0.568. The van der Waals surface area contributed by atoms with Crippen molar-refractivity contribution in [2.75, 3.05) is 7.11 Å². The zero-order valence-electron chi connectivity index (χ0n) is 13.1. The van der Waals surface area contributed by atoms with Crippen molar-refractivity contribution in [2.45, 2.75) is 25.5 Å². The minimum Gasteiger partial charge on any atom is -0.497 e. The summed E-state index contributed by atoms with van der Waals surface area (Å²) in [7, 11) is 1.64. The molecule has 126 valence electrons. The third kappa shape index (κ3) is 4.27. The van der Waals surface area contributed by atoms with Crippen molar-refractivity contribution in [3.63, 3.8) is 0 Å². The maximum atomic E-state index is 12.2. The molecule has 5 nitrogen and oxygen atoms in total. The van der Waals surface area contributed by atoms with Crippen LogP contribution in [-0.2, 0) is 22.6 Å². The third-order valence-corrected chi connectivity index (χ3v) is 4.86. The second-order valence-corrected chi connectivity index (χ2v) is 7.21. The van der Waals surface area contributed by atoms with E-state index >= 15 is 0 Å². The summed E-state index contributed by atoms with van der Waals surface area (Å²) in [6.45, 7) is 0.446. The first kappa shape index (κ1) is 16.8. The second-order valence-electron chi connectivity index (χ2n) is 5.41. The lowest BCUT2D eigenvalue weighted by Gasteiger charge is -2.08. The fourth-order valence-corrected chi connectivity index (χ4v) is 3.45. The molecule has 2 heterocycles. The highest BCUT2D eigenvalue weighted by Gasteiger charge is 2.28. The van der Waals surface area contributed by atoms with Crippen molar-refractivity contribution in [1.29, 1.82) is 0 Å². The minimum absolute atomic E-state index is 0.163. The molecule has 1 aliphatic rings. The number of ether oxygens (including phenoxy) is 1. The summed E-state index contributed by atoms with van der Waals surface area (Å²) in [5.41, 5.74) is 1.92. The van der Waals surface area contributed by atoms with Gasteiger partial charge >= 0.3 is 0 Å². The number of hydrogen-bond acceptors (Lipinski definition) is 5. The number of hydrogen-bond donors (Lipinski definition) is 1. The number of nitrogens with zero attached hydrogens (tertiary/aromatic N) is 1. The lowest BCUT2D eigenvalue weighted by atomic mass is 10.0. The predicted octanol–water partition coefficient (Wildman–Crippen LogP) is 3.41. The highest BCUT2D eigenvalue weighted by Crippen LogP contribution is 2.22. The van der Waals surface area contributed by atoms with Gasteiger partial charge in [0.1, 0.15) is 5.75 Å². The molecule has 7 heteroatoms. The smallest absolute Gasteiger partial charge is 0.264 e. The van der Waals surface area contributed by atoms with Crippen LogP contribution in [-0.4, -0.2) is 24.8 Å². The molecule has 0 radical (unpaired) electrons. The molecule has 1 amide bonds. The van der Waals surface area contributed by atoms with Crippen LogP contribution in [0.25, 0.3) is 0 Å². The molecule has 0 fully saturated rings. The van der Waals surface area contributed by atoms with Crippen LogP contribution < -0.4 is 10.1 Å². The average Bonchev–Trinajstić information content (AvgIpc) is 3.22. The van der Waals surface area contributed by atoms with Crippen molar-refractivity contribution < 1.29 is 14.4 Å². The van der Waals surface area contributed by atoms with E-state index in [-0.39, 0.29) is 5.91 Å². The number of thiophene rings is 1. The van der Waals surface area contributed by atoms with E-state index < -0.39 is 6.10 Å². The van der Waals surface area contributed by atoms with E-state index in [0.717, 1.165) is 21.9 Å². The molecule has 1 aliphatic heterocycles. The first-order valence-corrected chi connectivity index (χ1v) is 8.70. The molecule has 0 unspecified atom stereocenters. The number of benzene rings is 1. The van der Waals surface area contributed by atoms with Crippen LogP contribution in [0.1, 0.15) is 16.9 Å². The van der Waals surface area contributed by atoms with Crippen LogP contribution >= 0.6 is 22.9 Å². The standard InChI is InChI=1S/C17H17ClN2O3S/c1-22-13-4-2-3-11(8-13)7-12-9-15(23-20-12)17(21)19-10-14-5-6-16(18)24-14/h2-6,8,15H,7,9-10H2,1H3,(H,19,21)/t15-/m0/s1. The van der Waals surface area contributed by atoms with Gasteiger partial charge in [-0.2, -0.15) is 0 Å². The van der Waals surface area contributed by atoms with Crippen LogP contribution in [0.15, 0.2) is 41.6 Å². The Morgan fingerprint density at radius 3 is 3.08 bits per heavy atom. The van der Waals surface area contributed by atoms with E-state index in [1.54, 1.807) is 7.11 Å². The third-order valence-electron chi connectivity index (χ3n) is 3.63. The Hall–Kier alpha value is -2.05. The molecule has 0 saturated carbocycles. The first-order chi connectivity index (χ1) is 11.6. The topological polar surface area (TPSA) is 59.9 Å². The van der Waals surface area contributed by atoms with Crippen molar-refractivity contribution in [3.05, 3.63) is 51.2 Å². The lowest BCUT2D eigenvalue weighted by Crippen LogP contribution is -2.34. The first-order valence-electron chi connectivity index (χ1n) is 7.50. The van der Waals surface area contributed by atoms with Gasteiger partial charge in [-0.1, -0.05) is 28.9 Å². The number of rotatable bonds is 6. The molecule has 1 aromatic heterocycles. The Morgan fingerprint density at radius 1 is 1.46 bits per heavy atom. The molecule has 1 atom stereocenters. The Labute approximate surface area is 149 Å². The molecule has 3 rings (SSSR count). The van der Waals surface area contributed by atoms with Gasteiger partial charge in [-0.15, -0.1) is 11.3 Å². The summed E-state index contributed by atoms with van der Waals surface area (Å²) in [5, 5.41) is 6.90. The molecule has 1 N–H and O–H groups in total. The summed E-state index contributed by atoms with van der Waals surface area (Å²) in [4.78, 5) is 18.4. The van der Waals surface area contributed by atoms with Crippen molar-refractivity contribution >= 4 is 34.6 Å². The summed E-state index contributed by atoms with van der Waals surface area (Å²) >= 11 is 7.32. The Bertz CT molecular complexity index is 760. The molecule has 0 bridgehead atoms. The van der Waals surface area contributed by atoms with Gasteiger partial charge in [0.25, 0.3) is 5.91 Å². The van der Waals surface area contributed by atoms with Gasteiger partial charge < -0.3 is 14.9 Å². The van der Waals surface area contributed by atoms with Crippen molar-refractivity contribution in [3.8, 4) is 5.75 Å². The van der Waals surface area contributed by atoms with E-state index in [1.807, 2.05) is 36.4 Å². The highest BCUT2D eigenvalue weighted by atomic mass is 35.5. The van der Waals surface area contributed by atoms with E-state index in [4.69, 9.17) is 21.2 Å². The highest BCUT2D eigenvalue weighted by molar-refractivity contribution is 7.16. The number of carbonyl (C=O) groups is 1. The van der Waals surface area contributed by atoms with Gasteiger partial charge in [-0.3, -0.25) is 4.79 Å². The Morgan fingerprint density at radius 2 is 2.33 bits per heavy atom. The zero-order chi connectivity index (χ0) is 16.9. The maximum absolute atomic E-state index is 12.2. The Kier molecular flexibility index (Phi) is 5.37. The van der Waals surface area contributed by atoms with Crippen LogP contribution in [0.4, 0.5) is 0 Å². The lowest BCUT2D eigenvalue weighted by molar-refractivity contribution is -0.131. The number of methoxy groups -OCH3 is 1. The number of carbonyl (C=O) groups excluding carboxylic acids is 1. The second kappa shape index (κ2) is 7.68. The monoisotopic (exact) mass is 364 g/mol. The van der Waals surface area contributed by atoms with Crippen LogP contribution in [0.3, 0.4) is 0 Å². The van der Waals surface area contributed by atoms with Gasteiger partial charge in [0.2, 0.25) is 6.10 Å². The van der Waals surface area contributed by atoms with E-state index in [0.29, 0.717) is 23.7 Å². The maximum Gasteiger partial charge on any atom is 0.264 e. The SMILES string of the molecule is COc1cccc(CC2=NO[C@H](C(=O)NCc3ccc(Cl)s3)C2)c1.